The van der Waals surface area contributed by atoms with E-state index in [1.807, 2.05) is 24.8 Å². The monoisotopic (exact) mass is 248 g/mol. The first-order valence-corrected chi connectivity index (χ1v) is 6.18. The number of aliphatic hydroxyl groups is 1. The SMILES string of the molecule is CCC1N(c2ccc(C#N)c(F)c2)CCC1(C)O. The highest BCUT2D eigenvalue weighted by molar-refractivity contribution is 5.53. The second-order valence-corrected chi connectivity index (χ2v) is 5.00. The van der Waals surface area contributed by atoms with Crippen molar-refractivity contribution >= 4 is 5.69 Å². The van der Waals surface area contributed by atoms with Gasteiger partial charge in [0.1, 0.15) is 11.9 Å². The zero-order chi connectivity index (χ0) is 13.3. The molecule has 2 unspecified atom stereocenters. The predicted octanol–water partition coefficient (Wildman–Crippen LogP) is 2.44. The first-order valence-electron chi connectivity index (χ1n) is 6.18. The third kappa shape index (κ3) is 2.06. The number of hydrogen-bond acceptors (Lipinski definition) is 3. The number of rotatable bonds is 2. The third-order valence-corrected chi connectivity index (χ3v) is 3.74. The van der Waals surface area contributed by atoms with Crippen molar-refractivity contribution in [2.75, 3.05) is 11.4 Å². The van der Waals surface area contributed by atoms with Crippen molar-refractivity contribution in [1.29, 1.82) is 5.26 Å². The zero-order valence-corrected chi connectivity index (χ0v) is 10.7. The Morgan fingerprint density at radius 3 is 2.89 bits per heavy atom. The first-order chi connectivity index (χ1) is 8.49. The first kappa shape index (κ1) is 12.8. The van der Waals surface area contributed by atoms with E-state index in [0.717, 1.165) is 12.1 Å². The summed E-state index contributed by atoms with van der Waals surface area (Å²) in [7, 11) is 0. The maximum absolute atomic E-state index is 13.6. The lowest BCUT2D eigenvalue weighted by molar-refractivity contribution is 0.0501. The molecule has 0 aromatic heterocycles. The number of nitrogens with zero attached hydrogens (tertiary/aromatic N) is 2. The molecule has 2 rings (SSSR count). The zero-order valence-electron chi connectivity index (χ0n) is 10.7. The molecular formula is C14H17FN2O. The Labute approximate surface area is 106 Å². The molecule has 1 aliphatic rings. The van der Waals surface area contributed by atoms with Gasteiger partial charge in [-0.3, -0.25) is 0 Å². The van der Waals surface area contributed by atoms with Crippen LogP contribution in [0.5, 0.6) is 0 Å². The minimum absolute atomic E-state index is 0.00941. The van der Waals surface area contributed by atoms with Crippen LogP contribution in [0.15, 0.2) is 18.2 Å². The van der Waals surface area contributed by atoms with Crippen LogP contribution in [0, 0.1) is 17.1 Å². The van der Waals surface area contributed by atoms with Gasteiger partial charge < -0.3 is 10.0 Å². The second-order valence-electron chi connectivity index (χ2n) is 5.00. The molecule has 1 aliphatic heterocycles. The van der Waals surface area contributed by atoms with E-state index < -0.39 is 11.4 Å². The van der Waals surface area contributed by atoms with E-state index in [4.69, 9.17) is 5.26 Å². The Morgan fingerprint density at radius 2 is 2.33 bits per heavy atom. The standard InChI is InChI=1S/C14H17FN2O/c1-3-13-14(2,18)6-7-17(13)11-5-4-10(9-16)12(15)8-11/h4-5,8,13,18H,3,6-7H2,1-2H3. The van der Waals surface area contributed by atoms with Gasteiger partial charge in [0.15, 0.2) is 0 Å². The van der Waals surface area contributed by atoms with Crippen molar-refractivity contribution in [2.24, 2.45) is 0 Å². The fourth-order valence-corrected chi connectivity index (χ4v) is 2.75. The summed E-state index contributed by atoms with van der Waals surface area (Å²) >= 11 is 0. The molecule has 1 N–H and O–H groups in total. The number of anilines is 1. The van der Waals surface area contributed by atoms with Crippen LogP contribution >= 0.6 is 0 Å². The van der Waals surface area contributed by atoms with E-state index in [1.54, 1.807) is 6.07 Å². The summed E-state index contributed by atoms with van der Waals surface area (Å²) in [4.78, 5) is 2.02. The van der Waals surface area contributed by atoms with Gasteiger partial charge in [-0.25, -0.2) is 4.39 Å². The van der Waals surface area contributed by atoms with E-state index in [2.05, 4.69) is 0 Å². The highest BCUT2D eigenvalue weighted by Gasteiger charge is 2.41. The molecule has 0 amide bonds. The predicted molar refractivity (Wildman–Crippen MR) is 67.8 cm³/mol. The fraction of sp³-hybridized carbons (Fsp3) is 0.500. The molecule has 1 saturated heterocycles. The molecule has 1 aromatic rings. The molecule has 0 bridgehead atoms. The van der Waals surface area contributed by atoms with E-state index in [1.165, 1.54) is 12.1 Å². The number of benzene rings is 1. The van der Waals surface area contributed by atoms with Gasteiger partial charge in [0.05, 0.1) is 17.2 Å². The van der Waals surface area contributed by atoms with Crippen LogP contribution in [0.1, 0.15) is 32.3 Å². The molecule has 4 heteroatoms. The Bertz CT molecular complexity index is 493. The molecule has 0 aliphatic carbocycles. The molecule has 96 valence electrons. The normalized spacial score (nSPS) is 27.3. The van der Waals surface area contributed by atoms with Crippen molar-refractivity contribution in [1.82, 2.24) is 0 Å². The van der Waals surface area contributed by atoms with Crippen molar-refractivity contribution in [3.63, 3.8) is 0 Å². The molecule has 1 fully saturated rings. The van der Waals surface area contributed by atoms with Gasteiger partial charge in [-0.2, -0.15) is 5.26 Å². The third-order valence-electron chi connectivity index (χ3n) is 3.74. The fourth-order valence-electron chi connectivity index (χ4n) is 2.75. The van der Waals surface area contributed by atoms with Gasteiger partial charge in [-0.1, -0.05) is 6.92 Å². The summed E-state index contributed by atoms with van der Waals surface area (Å²) in [5, 5.41) is 19.0. The van der Waals surface area contributed by atoms with Crippen LogP contribution in [-0.2, 0) is 0 Å². The summed E-state index contributed by atoms with van der Waals surface area (Å²) in [5.41, 5.74) is 0.0490. The van der Waals surface area contributed by atoms with Gasteiger partial charge in [-0.05, 0) is 38.0 Å². The minimum Gasteiger partial charge on any atom is -0.388 e. The quantitative estimate of drug-likeness (QED) is 0.874. The maximum Gasteiger partial charge on any atom is 0.143 e. The van der Waals surface area contributed by atoms with Gasteiger partial charge >= 0.3 is 0 Å². The molecule has 3 nitrogen and oxygen atoms in total. The smallest absolute Gasteiger partial charge is 0.143 e. The van der Waals surface area contributed by atoms with Crippen LogP contribution in [0.2, 0.25) is 0 Å². The van der Waals surface area contributed by atoms with Gasteiger partial charge in [0.25, 0.3) is 0 Å². The van der Waals surface area contributed by atoms with Crippen molar-refractivity contribution < 1.29 is 9.50 Å². The Hall–Kier alpha value is -1.60. The number of hydrogen-bond donors (Lipinski definition) is 1. The second kappa shape index (κ2) is 4.58. The van der Waals surface area contributed by atoms with Gasteiger partial charge in [-0.15, -0.1) is 0 Å². The summed E-state index contributed by atoms with van der Waals surface area (Å²) < 4.78 is 13.6. The number of nitriles is 1. The average Bonchev–Trinajstić information content (AvgIpc) is 2.64. The number of halogens is 1. The molecular weight excluding hydrogens is 231 g/mol. The average molecular weight is 248 g/mol. The molecule has 0 spiro atoms. The summed E-state index contributed by atoms with van der Waals surface area (Å²) in [6.45, 7) is 4.54. The molecule has 1 aromatic carbocycles. The largest absolute Gasteiger partial charge is 0.388 e. The van der Waals surface area contributed by atoms with Gasteiger partial charge in [0, 0.05) is 12.2 Å². The lowest BCUT2D eigenvalue weighted by Crippen LogP contribution is -2.42. The molecule has 2 atom stereocenters. The summed E-state index contributed by atoms with van der Waals surface area (Å²) in [5.74, 6) is -0.503. The molecule has 1 heterocycles. The Morgan fingerprint density at radius 1 is 1.61 bits per heavy atom. The van der Waals surface area contributed by atoms with Crippen LogP contribution < -0.4 is 4.90 Å². The molecule has 18 heavy (non-hydrogen) atoms. The van der Waals surface area contributed by atoms with Crippen LogP contribution in [-0.4, -0.2) is 23.3 Å². The minimum atomic E-state index is -0.737. The van der Waals surface area contributed by atoms with Crippen molar-refractivity contribution in [2.45, 2.75) is 38.3 Å². The van der Waals surface area contributed by atoms with Crippen molar-refractivity contribution in [3.8, 4) is 6.07 Å². The molecule has 0 radical (unpaired) electrons. The molecule has 0 saturated carbocycles. The highest BCUT2D eigenvalue weighted by atomic mass is 19.1. The maximum atomic E-state index is 13.6. The summed E-state index contributed by atoms with van der Waals surface area (Å²) in [6, 6.07) is 6.41. The van der Waals surface area contributed by atoms with Crippen LogP contribution in [0.25, 0.3) is 0 Å². The van der Waals surface area contributed by atoms with Crippen LogP contribution in [0.3, 0.4) is 0 Å². The van der Waals surface area contributed by atoms with Gasteiger partial charge in [0.2, 0.25) is 0 Å². The summed E-state index contributed by atoms with van der Waals surface area (Å²) in [6.07, 6.45) is 1.47. The Kier molecular flexibility index (Phi) is 3.27. The van der Waals surface area contributed by atoms with Crippen molar-refractivity contribution in [3.05, 3.63) is 29.6 Å². The van der Waals surface area contributed by atoms with Crippen LogP contribution in [0.4, 0.5) is 10.1 Å². The highest BCUT2D eigenvalue weighted by Crippen LogP contribution is 2.34. The van der Waals surface area contributed by atoms with E-state index in [9.17, 15) is 9.50 Å². The van der Waals surface area contributed by atoms with E-state index in [-0.39, 0.29) is 11.6 Å². The van der Waals surface area contributed by atoms with E-state index >= 15 is 0 Å². The lowest BCUT2D eigenvalue weighted by atomic mass is 9.95. The van der Waals surface area contributed by atoms with E-state index in [0.29, 0.717) is 13.0 Å². The Balaban J connectivity index is 2.33. The lowest BCUT2D eigenvalue weighted by Gasteiger charge is -2.32. The topological polar surface area (TPSA) is 47.3 Å².